The Kier molecular flexibility index (Phi) is 4.45. The summed E-state index contributed by atoms with van der Waals surface area (Å²) >= 11 is 0. The predicted octanol–water partition coefficient (Wildman–Crippen LogP) is 2.81. The number of nitrogens with one attached hydrogen (secondary N) is 1. The Labute approximate surface area is 149 Å². The van der Waals surface area contributed by atoms with Gasteiger partial charge in [0.15, 0.2) is 0 Å². The number of carbonyl (C=O) groups is 1. The minimum Gasteiger partial charge on any atom is -0.369 e. The highest BCUT2D eigenvalue weighted by atomic mass is 16.2. The zero-order valence-corrected chi connectivity index (χ0v) is 14.8. The molecule has 2 aromatic carbocycles. The first kappa shape index (κ1) is 16.2. The Bertz CT molecular complexity index is 755. The second kappa shape index (κ2) is 6.89. The number of nitrogens with zero attached hydrogens (tertiary/aromatic N) is 2. The number of hydrogen-bond acceptors (Lipinski definition) is 3. The largest absolute Gasteiger partial charge is 0.369 e. The van der Waals surface area contributed by atoms with E-state index in [1.165, 1.54) is 22.4 Å². The van der Waals surface area contributed by atoms with Crippen LogP contribution in [0.5, 0.6) is 0 Å². The van der Waals surface area contributed by atoms with Gasteiger partial charge >= 0.3 is 0 Å². The van der Waals surface area contributed by atoms with E-state index in [-0.39, 0.29) is 5.91 Å². The second-order valence-corrected chi connectivity index (χ2v) is 6.91. The first-order chi connectivity index (χ1) is 12.2. The number of piperazine rings is 1. The highest BCUT2D eigenvalue weighted by molar-refractivity contribution is 5.95. The minimum atomic E-state index is 0.142. The van der Waals surface area contributed by atoms with Crippen molar-refractivity contribution in [3.63, 3.8) is 0 Å². The molecule has 0 atom stereocenters. The first-order valence-corrected chi connectivity index (χ1v) is 9.20. The Balaban J connectivity index is 1.60. The van der Waals surface area contributed by atoms with E-state index in [2.05, 4.69) is 47.5 Å². The van der Waals surface area contributed by atoms with Crippen LogP contribution in [0.15, 0.2) is 42.5 Å². The Morgan fingerprint density at radius 3 is 2.36 bits per heavy atom. The molecule has 0 bridgehead atoms. The molecule has 4 heteroatoms. The van der Waals surface area contributed by atoms with Gasteiger partial charge in [0.1, 0.15) is 0 Å². The molecule has 0 aliphatic carbocycles. The average molecular weight is 335 g/mol. The predicted molar refractivity (Wildman–Crippen MR) is 101 cm³/mol. The van der Waals surface area contributed by atoms with Crippen LogP contribution >= 0.6 is 0 Å². The van der Waals surface area contributed by atoms with Crippen molar-refractivity contribution in [2.24, 2.45) is 0 Å². The van der Waals surface area contributed by atoms with Crippen LogP contribution in [0.25, 0.3) is 0 Å². The van der Waals surface area contributed by atoms with Gasteiger partial charge in [0.05, 0.1) is 0 Å². The molecule has 0 saturated carbocycles. The fourth-order valence-electron chi connectivity index (χ4n) is 3.77. The third kappa shape index (κ3) is 3.27. The van der Waals surface area contributed by atoms with Crippen LogP contribution < -0.4 is 10.2 Å². The van der Waals surface area contributed by atoms with E-state index in [1.54, 1.807) is 0 Å². The Hall–Kier alpha value is -2.33. The van der Waals surface area contributed by atoms with Gasteiger partial charge in [0.2, 0.25) is 0 Å². The monoisotopic (exact) mass is 335 g/mol. The van der Waals surface area contributed by atoms with Crippen LogP contribution in [0.2, 0.25) is 0 Å². The molecule has 4 nitrogen and oxygen atoms in total. The van der Waals surface area contributed by atoms with Gasteiger partial charge in [-0.15, -0.1) is 0 Å². The smallest absolute Gasteiger partial charge is 0.254 e. The third-order valence-corrected chi connectivity index (χ3v) is 5.24. The van der Waals surface area contributed by atoms with Gasteiger partial charge in [-0.25, -0.2) is 0 Å². The lowest BCUT2D eigenvalue weighted by atomic mass is 10.0. The van der Waals surface area contributed by atoms with Crippen molar-refractivity contribution < 1.29 is 4.79 Å². The van der Waals surface area contributed by atoms with E-state index in [4.69, 9.17) is 0 Å². The number of benzene rings is 2. The number of anilines is 1. The maximum Gasteiger partial charge on any atom is 0.254 e. The van der Waals surface area contributed by atoms with E-state index >= 15 is 0 Å². The fraction of sp³-hybridized carbons (Fsp3) is 0.381. The number of carbonyl (C=O) groups excluding carboxylic acids is 1. The van der Waals surface area contributed by atoms with E-state index in [0.717, 1.165) is 38.2 Å². The Morgan fingerprint density at radius 1 is 1.04 bits per heavy atom. The lowest BCUT2D eigenvalue weighted by Gasteiger charge is -2.30. The molecule has 2 heterocycles. The van der Waals surface area contributed by atoms with E-state index in [9.17, 15) is 4.79 Å². The quantitative estimate of drug-likeness (QED) is 0.937. The van der Waals surface area contributed by atoms with Gasteiger partial charge in [0.25, 0.3) is 5.91 Å². The van der Waals surface area contributed by atoms with Crippen LogP contribution in [0, 0.1) is 0 Å². The van der Waals surface area contributed by atoms with E-state index in [0.29, 0.717) is 13.1 Å². The van der Waals surface area contributed by atoms with Gasteiger partial charge in [-0.05, 0) is 41.3 Å². The molecule has 0 radical (unpaired) electrons. The fourth-order valence-corrected chi connectivity index (χ4v) is 3.77. The average Bonchev–Trinajstić information content (AvgIpc) is 3.12. The summed E-state index contributed by atoms with van der Waals surface area (Å²) in [5.74, 6) is 0.142. The molecule has 25 heavy (non-hydrogen) atoms. The lowest BCUT2D eigenvalue weighted by molar-refractivity contribution is 0.0751. The SMILES string of the molecule is CCc1cc(C(=O)N2Cc3ccccc3C2)cc(N2CCNCC2)c1. The van der Waals surface area contributed by atoms with Crippen LogP contribution in [0.1, 0.15) is 34.0 Å². The van der Waals surface area contributed by atoms with Gasteiger partial charge in [0, 0.05) is 50.5 Å². The third-order valence-electron chi connectivity index (χ3n) is 5.24. The molecule has 0 aromatic heterocycles. The van der Waals surface area contributed by atoms with Crippen molar-refractivity contribution in [3.8, 4) is 0 Å². The molecule has 4 rings (SSSR count). The van der Waals surface area contributed by atoms with E-state index in [1.807, 2.05) is 17.0 Å². The zero-order chi connectivity index (χ0) is 17.2. The topological polar surface area (TPSA) is 35.6 Å². The van der Waals surface area contributed by atoms with Crippen LogP contribution in [-0.2, 0) is 19.5 Å². The summed E-state index contributed by atoms with van der Waals surface area (Å²) in [6, 6.07) is 14.7. The molecule has 1 amide bonds. The molecular formula is C21H25N3O. The molecule has 1 N–H and O–H groups in total. The minimum absolute atomic E-state index is 0.142. The van der Waals surface area contributed by atoms with Crippen LogP contribution in [0.4, 0.5) is 5.69 Å². The van der Waals surface area contributed by atoms with Crippen molar-refractivity contribution >= 4 is 11.6 Å². The van der Waals surface area contributed by atoms with Gasteiger partial charge < -0.3 is 15.1 Å². The highest BCUT2D eigenvalue weighted by Gasteiger charge is 2.25. The molecule has 130 valence electrons. The molecule has 0 unspecified atom stereocenters. The summed E-state index contributed by atoms with van der Waals surface area (Å²) in [7, 11) is 0. The summed E-state index contributed by atoms with van der Waals surface area (Å²) in [5, 5.41) is 3.39. The molecule has 2 aliphatic rings. The molecule has 2 aromatic rings. The number of amides is 1. The van der Waals surface area contributed by atoms with Crippen molar-refractivity contribution in [2.75, 3.05) is 31.1 Å². The maximum atomic E-state index is 13.1. The number of rotatable bonds is 3. The standard InChI is InChI=1S/C21H25N3O/c1-2-16-11-19(13-20(12-16)23-9-7-22-8-10-23)21(25)24-14-17-5-3-4-6-18(17)15-24/h3-6,11-13,22H,2,7-10,14-15H2,1H3. The van der Waals surface area contributed by atoms with Gasteiger partial charge in [-0.3, -0.25) is 4.79 Å². The van der Waals surface area contributed by atoms with Gasteiger partial charge in [-0.1, -0.05) is 31.2 Å². The van der Waals surface area contributed by atoms with Gasteiger partial charge in [-0.2, -0.15) is 0 Å². The van der Waals surface area contributed by atoms with Crippen molar-refractivity contribution in [1.29, 1.82) is 0 Å². The number of aryl methyl sites for hydroxylation is 1. The number of fused-ring (bicyclic) bond motifs is 1. The highest BCUT2D eigenvalue weighted by Crippen LogP contribution is 2.26. The second-order valence-electron chi connectivity index (χ2n) is 6.91. The molecule has 2 aliphatic heterocycles. The zero-order valence-electron chi connectivity index (χ0n) is 14.8. The van der Waals surface area contributed by atoms with Crippen molar-refractivity contribution in [2.45, 2.75) is 26.4 Å². The first-order valence-electron chi connectivity index (χ1n) is 9.20. The summed E-state index contributed by atoms with van der Waals surface area (Å²) in [6.45, 7) is 7.58. The lowest BCUT2D eigenvalue weighted by Crippen LogP contribution is -2.43. The van der Waals surface area contributed by atoms with Crippen LogP contribution in [0.3, 0.4) is 0 Å². The molecule has 1 fully saturated rings. The maximum absolute atomic E-state index is 13.1. The molecule has 0 spiro atoms. The van der Waals surface area contributed by atoms with Crippen molar-refractivity contribution in [1.82, 2.24) is 10.2 Å². The summed E-state index contributed by atoms with van der Waals surface area (Å²) in [4.78, 5) is 17.5. The number of hydrogen-bond donors (Lipinski definition) is 1. The van der Waals surface area contributed by atoms with Crippen molar-refractivity contribution in [3.05, 3.63) is 64.7 Å². The van der Waals surface area contributed by atoms with Crippen LogP contribution in [-0.4, -0.2) is 37.0 Å². The summed E-state index contributed by atoms with van der Waals surface area (Å²) < 4.78 is 0. The molecular weight excluding hydrogens is 310 g/mol. The Morgan fingerprint density at radius 2 is 1.72 bits per heavy atom. The van der Waals surface area contributed by atoms with E-state index < -0.39 is 0 Å². The normalized spacial score (nSPS) is 16.8. The summed E-state index contributed by atoms with van der Waals surface area (Å²) in [6.07, 6.45) is 0.945. The summed E-state index contributed by atoms with van der Waals surface area (Å²) in [5.41, 5.74) is 5.77. The molecule has 1 saturated heterocycles.